The molecule has 0 unspecified atom stereocenters. The summed E-state index contributed by atoms with van der Waals surface area (Å²) >= 11 is 6.34. The molecule has 3 aliphatic heterocycles. The molecule has 5 N–H and O–H groups in total. The number of ether oxygens (including phenoxy) is 2. The first-order chi connectivity index (χ1) is 42.7. The number of anilines is 3. The Hall–Kier alpha value is -6.89. The summed E-state index contributed by atoms with van der Waals surface area (Å²) in [6.45, 7) is 13.1. The average Bonchev–Trinajstić information content (AvgIpc) is 2.08. The van der Waals surface area contributed by atoms with Crippen LogP contribution in [0.2, 0.25) is 5.15 Å². The number of pyridine rings is 4. The lowest BCUT2D eigenvalue weighted by Crippen LogP contribution is -2.41. The zero-order valence-corrected chi connectivity index (χ0v) is 53.6. The number of fused-ring (bicyclic) bond motifs is 6. The molecule has 2 saturated heterocycles. The summed E-state index contributed by atoms with van der Waals surface area (Å²) in [5, 5.41) is 18.4. The Morgan fingerprint density at radius 1 is 0.764 bits per heavy atom. The fourth-order valence-corrected chi connectivity index (χ4v) is 15.7. The Kier molecular flexibility index (Phi) is 18.3. The molecule has 13 rings (SSSR count). The number of nitrogens with zero attached hydrogens (tertiary/aromatic N) is 9. The molecule has 6 aromatic heterocycles. The molecule has 6 aromatic rings. The largest absolute Gasteiger partial charge is 0.477 e. The molecule has 7 aliphatic rings. The van der Waals surface area contributed by atoms with Crippen molar-refractivity contribution in [2.75, 3.05) is 54.9 Å². The molecular weight excluding hydrogens is 1190 g/mol. The first kappa shape index (κ1) is 62.3. The SMILES string of the molecule is CC1(C)C[C@@H]2CCCNc3cccc(n3)S(=O)(=O)NC(=O)c3ccc(-n4ccc(OCCC(C5CC5)C5CC5)n4)nc3N1C2.CC1(C)C[C@H](CCCNc2cccc(S(=O)(=O)NC(=O)c3ccc(-n4ccc(OCCC(C5CC5)C5CC5)n4)nc3Cl)n2)CN1. The summed E-state index contributed by atoms with van der Waals surface area (Å²) in [4.78, 5) is 46.4. The van der Waals surface area contributed by atoms with Gasteiger partial charge in [-0.05, 0) is 233 Å². The molecule has 4 bridgehead atoms. The second-order valence-corrected chi connectivity index (χ2v) is 30.4. The van der Waals surface area contributed by atoms with Gasteiger partial charge in [0, 0.05) is 55.2 Å². The summed E-state index contributed by atoms with van der Waals surface area (Å²) in [5.41, 5.74) is -0.0111. The third-order valence-corrected chi connectivity index (χ3v) is 21.4. The second kappa shape index (κ2) is 26.1. The maximum atomic E-state index is 13.6. The van der Waals surface area contributed by atoms with Crippen LogP contribution in [0, 0.1) is 47.3 Å². The number of nitrogens with one attached hydrogen (secondary N) is 5. The first-order valence-electron chi connectivity index (χ1n) is 31.9. The molecular formula is C64H83ClN14O8S2. The third-order valence-electron chi connectivity index (χ3n) is 18.6. The van der Waals surface area contributed by atoms with E-state index in [0.29, 0.717) is 85.5 Å². The lowest BCUT2D eigenvalue weighted by Gasteiger charge is -2.34. The number of hydrogen-bond acceptors (Lipinski definition) is 18. The lowest BCUT2D eigenvalue weighted by molar-refractivity contribution is 0.0972. The summed E-state index contributed by atoms with van der Waals surface area (Å²) < 4.78 is 71.9. The van der Waals surface area contributed by atoms with Crippen LogP contribution in [0.3, 0.4) is 0 Å². The van der Waals surface area contributed by atoms with Gasteiger partial charge in [-0.1, -0.05) is 23.7 Å². The van der Waals surface area contributed by atoms with E-state index in [0.717, 1.165) is 93.4 Å². The van der Waals surface area contributed by atoms with Crippen LogP contribution in [0.1, 0.15) is 151 Å². The smallest absolute Gasteiger partial charge is 0.281 e. The highest BCUT2D eigenvalue weighted by atomic mass is 35.5. The van der Waals surface area contributed by atoms with Crippen molar-refractivity contribution in [3.63, 3.8) is 0 Å². The van der Waals surface area contributed by atoms with Gasteiger partial charge < -0.3 is 30.3 Å². The Balaban J connectivity index is 0.000000173. The number of halogens is 1. The van der Waals surface area contributed by atoms with Gasteiger partial charge >= 0.3 is 0 Å². The Morgan fingerprint density at radius 2 is 1.39 bits per heavy atom. The van der Waals surface area contributed by atoms with Crippen molar-refractivity contribution in [1.29, 1.82) is 0 Å². The van der Waals surface area contributed by atoms with Gasteiger partial charge in [0.1, 0.15) is 22.6 Å². The molecule has 22 nitrogen and oxygen atoms in total. The fourth-order valence-electron chi connectivity index (χ4n) is 13.5. The van der Waals surface area contributed by atoms with E-state index in [4.69, 9.17) is 26.1 Å². The predicted octanol–water partition coefficient (Wildman–Crippen LogP) is 10.0. The number of hydrogen-bond donors (Lipinski definition) is 5. The molecule has 476 valence electrons. The number of aromatic nitrogens is 8. The van der Waals surface area contributed by atoms with Crippen LogP contribution in [-0.2, 0) is 20.0 Å². The molecule has 0 spiro atoms. The summed E-state index contributed by atoms with van der Waals surface area (Å²) in [5.74, 6) is 7.70. The maximum absolute atomic E-state index is 13.6. The van der Waals surface area contributed by atoms with E-state index in [1.807, 2.05) is 12.3 Å². The van der Waals surface area contributed by atoms with E-state index in [1.165, 1.54) is 74.2 Å². The highest BCUT2D eigenvalue weighted by molar-refractivity contribution is 7.90. The average molecular weight is 1280 g/mol. The Labute approximate surface area is 527 Å². The second-order valence-electron chi connectivity index (χ2n) is 26.8. The highest BCUT2D eigenvalue weighted by Gasteiger charge is 2.43. The van der Waals surface area contributed by atoms with Crippen LogP contribution in [0.15, 0.2) is 95.2 Å². The van der Waals surface area contributed by atoms with Crippen molar-refractivity contribution in [1.82, 2.24) is 54.3 Å². The molecule has 89 heavy (non-hydrogen) atoms. The van der Waals surface area contributed by atoms with Gasteiger partial charge in [-0.2, -0.15) is 16.8 Å². The van der Waals surface area contributed by atoms with Crippen LogP contribution < -0.4 is 39.8 Å². The Morgan fingerprint density at radius 3 is 2.01 bits per heavy atom. The summed E-state index contributed by atoms with van der Waals surface area (Å²) in [6.07, 6.45) is 22.4. The van der Waals surface area contributed by atoms with E-state index >= 15 is 0 Å². The third kappa shape index (κ3) is 15.8. The van der Waals surface area contributed by atoms with Crippen molar-refractivity contribution < 1.29 is 35.9 Å². The maximum Gasteiger partial charge on any atom is 0.281 e. The van der Waals surface area contributed by atoms with Crippen molar-refractivity contribution in [3.8, 4) is 23.4 Å². The normalized spacial score (nSPS) is 21.2. The van der Waals surface area contributed by atoms with Gasteiger partial charge in [-0.3, -0.25) is 9.59 Å². The van der Waals surface area contributed by atoms with E-state index < -0.39 is 31.9 Å². The first-order valence-corrected chi connectivity index (χ1v) is 35.2. The number of carbonyl (C=O) groups is 2. The number of sulfonamides is 2. The van der Waals surface area contributed by atoms with Crippen LogP contribution >= 0.6 is 11.6 Å². The van der Waals surface area contributed by atoms with Crippen molar-refractivity contribution in [2.45, 2.75) is 152 Å². The molecule has 2 amide bonds. The van der Waals surface area contributed by atoms with Gasteiger partial charge in [0.2, 0.25) is 11.8 Å². The monoisotopic (exact) mass is 1270 g/mol. The Bertz CT molecular complexity index is 3730. The van der Waals surface area contributed by atoms with Crippen LogP contribution in [0.5, 0.6) is 11.8 Å². The van der Waals surface area contributed by atoms with Gasteiger partial charge in [0.05, 0.1) is 24.3 Å². The summed E-state index contributed by atoms with van der Waals surface area (Å²) in [7, 11) is -8.48. The predicted molar refractivity (Wildman–Crippen MR) is 339 cm³/mol. The lowest BCUT2D eigenvalue weighted by atomic mass is 9.93. The van der Waals surface area contributed by atoms with Gasteiger partial charge in [-0.15, -0.1) is 10.2 Å². The number of rotatable bonds is 22. The molecule has 25 heteroatoms. The molecule has 6 fully saturated rings. The van der Waals surface area contributed by atoms with E-state index in [1.54, 1.807) is 59.4 Å². The van der Waals surface area contributed by atoms with Gasteiger partial charge in [0.25, 0.3) is 31.9 Å². The quantitative estimate of drug-likeness (QED) is 0.0312. The van der Waals surface area contributed by atoms with Gasteiger partial charge in [-0.25, -0.2) is 38.7 Å². The van der Waals surface area contributed by atoms with Gasteiger partial charge in [0.15, 0.2) is 21.7 Å². The minimum absolute atomic E-state index is 0.0855. The van der Waals surface area contributed by atoms with Crippen LogP contribution in [0.4, 0.5) is 17.5 Å². The van der Waals surface area contributed by atoms with Crippen molar-refractivity contribution >= 4 is 60.9 Å². The van der Waals surface area contributed by atoms with E-state index in [9.17, 15) is 26.4 Å². The molecule has 0 radical (unpaired) electrons. The summed E-state index contributed by atoms with van der Waals surface area (Å²) in [6, 6.07) is 19.2. The topological polar surface area (TPSA) is 271 Å². The zero-order valence-electron chi connectivity index (χ0n) is 51.2. The number of amides is 2. The molecule has 4 saturated carbocycles. The minimum atomic E-state index is -4.26. The fraction of sp³-hybridized carbons (Fsp3) is 0.562. The van der Waals surface area contributed by atoms with E-state index in [-0.39, 0.29) is 37.4 Å². The molecule has 0 aromatic carbocycles. The molecule has 4 aliphatic carbocycles. The zero-order chi connectivity index (χ0) is 62.1. The number of carbonyl (C=O) groups excluding carboxylic acids is 2. The minimum Gasteiger partial charge on any atom is -0.477 e. The standard InChI is InChI=1S/C32H42ClN7O4S.C32H41N7O4S/c1-32(2)19-21(20-35-32)5-4-16-34-26-6-3-7-29(36-26)45(42,43)39-31(41)25-12-13-27(37-30(25)33)40-17-14-28(38-40)44-18-15-24(22-8-9-22)23-10-11-23;1-32(2)19-21-5-4-16-33-26-6-3-7-29(34-26)44(41,42)37-31(40)25-12-13-27(35-30(25)38(32)20-21)39-17-14-28(36-39)43-18-15-24(22-8-9-22)23-10-11-23/h3,6-7,12-14,17,21-24,35H,4-5,8-11,15-16,18-20H2,1-2H3,(H,34,36)(H,39,41);3,6-7,12-14,17,21-24H,4-5,8-11,15-16,18-20H2,1-2H3,(H,33,34)(H,37,40)/t2*21-/m00/s1. The molecule has 9 heterocycles. The van der Waals surface area contributed by atoms with Crippen LogP contribution in [-0.4, -0.2) is 119 Å². The van der Waals surface area contributed by atoms with Crippen LogP contribution in [0.25, 0.3) is 11.6 Å². The van der Waals surface area contributed by atoms with E-state index in [2.05, 4.69) is 83.1 Å². The van der Waals surface area contributed by atoms with Crippen molar-refractivity contribution in [3.05, 3.63) is 101 Å². The highest BCUT2D eigenvalue weighted by Crippen LogP contribution is 2.52. The molecule has 2 atom stereocenters. The van der Waals surface area contributed by atoms with Crippen molar-refractivity contribution in [2.24, 2.45) is 47.3 Å².